The molecule has 1 saturated carbocycles. The van der Waals surface area contributed by atoms with Crippen molar-refractivity contribution < 1.29 is 0 Å². The maximum atomic E-state index is 8.63. The van der Waals surface area contributed by atoms with Crippen LogP contribution in [0.2, 0.25) is 0 Å². The lowest BCUT2D eigenvalue weighted by atomic mass is 9.73. The normalized spacial score (nSPS) is 19.0. The molecule has 0 heterocycles. The van der Waals surface area contributed by atoms with Crippen LogP contribution in [0.25, 0.3) is 0 Å². The van der Waals surface area contributed by atoms with E-state index in [9.17, 15) is 0 Å². The van der Waals surface area contributed by atoms with Crippen LogP contribution in [-0.4, -0.2) is 17.5 Å². The molecule has 0 amide bonds. The summed E-state index contributed by atoms with van der Waals surface area (Å²) in [6, 6.07) is 32.0. The fourth-order valence-electron chi connectivity index (χ4n) is 5.02. The molecule has 3 aromatic carbocycles. The molecule has 0 aliphatic heterocycles. The second kappa shape index (κ2) is 9.40. The second-order valence-corrected chi connectivity index (χ2v) is 8.53. The van der Waals surface area contributed by atoms with Gasteiger partial charge in [-0.2, -0.15) is 0 Å². The van der Waals surface area contributed by atoms with Gasteiger partial charge in [0.1, 0.15) is 0 Å². The van der Waals surface area contributed by atoms with Gasteiger partial charge in [0.25, 0.3) is 0 Å². The van der Waals surface area contributed by atoms with Gasteiger partial charge in [-0.15, -0.1) is 0 Å². The van der Waals surface area contributed by atoms with Gasteiger partial charge >= 0.3 is 0 Å². The molecular weight excluding hydrogens is 378 g/mol. The highest BCUT2D eigenvalue weighted by atomic mass is 15.0. The van der Waals surface area contributed by atoms with Crippen molar-refractivity contribution in [2.45, 2.75) is 44.2 Å². The third-order valence-electron chi connectivity index (χ3n) is 6.56. The Bertz CT molecular complexity index is 915. The SMILES string of the molecule is CC(=N)C(=N)[C@@H]1CCCC[C@H]1NC(c1ccccc1)(c1ccccc1)c1ccccc1. The summed E-state index contributed by atoms with van der Waals surface area (Å²) in [5.74, 6) is 0.0572. The highest BCUT2D eigenvalue weighted by Crippen LogP contribution is 2.39. The largest absolute Gasteiger partial charge is 0.304 e. The summed E-state index contributed by atoms with van der Waals surface area (Å²) in [4.78, 5) is 0. The Hall–Kier alpha value is -3.04. The molecule has 158 valence electrons. The average molecular weight is 410 g/mol. The van der Waals surface area contributed by atoms with Gasteiger partial charge in [0.2, 0.25) is 0 Å². The third-order valence-corrected chi connectivity index (χ3v) is 6.56. The Kier molecular flexibility index (Phi) is 6.43. The van der Waals surface area contributed by atoms with E-state index in [0.29, 0.717) is 11.4 Å². The van der Waals surface area contributed by atoms with Crippen LogP contribution < -0.4 is 5.32 Å². The van der Waals surface area contributed by atoms with Crippen molar-refractivity contribution in [2.24, 2.45) is 5.92 Å². The van der Waals surface area contributed by atoms with Crippen molar-refractivity contribution >= 4 is 11.4 Å². The van der Waals surface area contributed by atoms with Crippen LogP contribution in [0.1, 0.15) is 49.3 Å². The maximum Gasteiger partial charge on any atom is 0.0950 e. The van der Waals surface area contributed by atoms with E-state index in [-0.39, 0.29) is 12.0 Å². The summed E-state index contributed by atoms with van der Waals surface area (Å²) in [7, 11) is 0. The van der Waals surface area contributed by atoms with Gasteiger partial charge in [0.15, 0.2) is 0 Å². The zero-order chi connectivity index (χ0) is 21.7. The van der Waals surface area contributed by atoms with Crippen molar-refractivity contribution in [3.05, 3.63) is 108 Å². The zero-order valence-corrected chi connectivity index (χ0v) is 18.1. The Labute approximate surface area is 185 Å². The highest BCUT2D eigenvalue weighted by Gasteiger charge is 2.41. The highest BCUT2D eigenvalue weighted by molar-refractivity contribution is 6.39. The Morgan fingerprint density at radius 3 is 1.55 bits per heavy atom. The summed E-state index contributed by atoms with van der Waals surface area (Å²) >= 11 is 0. The smallest absolute Gasteiger partial charge is 0.0950 e. The molecule has 0 bridgehead atoms. The van der Waals surface area contributed by atoms with Crippen molar-refractivity contribution in [3.63, 3.8) is 0 Å². The van der Waals surface area contributed by atoms with Gasteiger partial charge in [0, 0.05) is 17.7 Å². The molecule has 3 aromatic rings. The monoisotopic (exact) mass is 409 g/mol. The topological polar surface area (TPSA) is 59.7 Å². The zero-order valence-electron chi connectivity index (χ0n) is 18.1. The molecule has 0 radical (unpaired) electrons. The molecule has 3 nitrogen and oxygen atoms in total. The van der Waals surface area contributed by atoms with Crippen LogP contribution in [0.4, 0.5) is 0 Å². The van der Waals surface area contributed by atoms with Crippen LogP contribution in [0, 0.1) is 16.7 Å². The van der Waals surface area contributed by atoms with Gasteiger partial charge in [-0.05, 0) is 36.5 Å². The molecule has 31 heavy (non-hydrogen) atoms. The van der Waals surface area contributed by atoms with E-state index in [0.717, 1.165) is 25.7 Å². The lowest BCUT2D eigenvalue weighted by Gasteiger charge is -2.44. The molecule has 3 heteroatoms. The third kappa shape index (κ3) is 4.24. The van der Waals surface area contributed by atoms with E-state index in [1.165, 1.54) is 16.7 Å². The summed E-state index contributed by atoms with van der Waals surface area (Å²) in [5.41, 5.74) is 3.89. The van der Waals surface area contributed by atoms with Crippen LogP contribution in [0.5, 0.6) is 0 Å². The Morgan fingerprint density at radius 2 is 1.13 bits per heavy atom. The van der Waals surface area contributed by atoms with Gasteiger partial charge in [-0.1, -0.05) is 104 Å². The first kappa shape index (κ1) is 21.2. The maximum absolute atomic E-state index is 8.63. The molecule has 0 spiro atoms. The van der Waals surface area contributed by atoms with E-state index in [4.69, 9.17) is 10.8 Å². The first-order valence-electron chi connectivity index (χ1n) is 11.2. The van der Waals surface area contributed by atoms with Crippen LogP contribution in [0.15, 0.2) is 91.0 Å². The molecule has 0 unspecified atom stereocenters. The minimum atomic E-state index is -0.528. The van der Waals surface area contributed by atoms with E-state index in [1.54, 1.807) is 6.92 Å². The predicted octanol–water partition coefficient (Wildman–Crippen LogP) is 6.19. The summed E-state index contributed by atoms with van der Waals surface area (Å²) in [5, 5.41) is 20.8. The fourth-order valence-corrected chi connectivity index (χ4v) is 5.02. The molecule has 0 saturated heterocycles. The molecule has 2 atom stereocenters. The Balaban J connectivity index is 1.90. The van der Waals surface area contributed by atoms with Crippen LogP contribution >= 0.6 is 0 Å². The second-order valence-electron chi connectivity index (χ2n) is 8.53. The Morgan fingerprint density at radius 1 is 0.710 bits per heavy atom. The summed E-state index contributed by atoms with van der Waals surface area (Å²) < 4.78 is 0. The lowest BCUT2D eigenvalue weighted by Crippen LogP contribution is -2.54. The molecular formula is C28H31N3. The van der Waals surface area contributed by atoms with Crippen molar-refractivity contribution in [1.29, 1.82) is 10.8 Å². The van der Waals surface area contributed by atoms with Crippen molar-refractivity contribution in [2.75, 3.05) is 0 Å². The van der Waals surface area contributed by atoms with Crippen LogP contribution in [0.3, 0.4) is 0 Å². The minimum absolute atomic E-state index is 0.0572. The van der Waals surface area contributed by atoms with Gasteiger partial charge in [-0.3, -0.25) is 5.32 Å². The molecule has 1 aliphatic carbocycles. The van der Waals surface area contributed by atoms with Gasteiger partial charge < -0.3 is 10.8 Å². The number of hydrogen-bond donors (Lipinski definition) is 3. The molecule has 3 N–H and O–H groups in total. The van der Waals surface area contributed by atoms with Gasteiger partial charge in [0.05, 0.1) is 11.3 Å². The minimum Gasteiger partial charge on any atom is -0.304 e. The average Bonchev–Trinajstić information content (AvgIpc) is 2.84. The van der Waals surface area contributed by atoms with E-state index in [2.05, 4.69) is 96.3 Å². The quantitative estimate of drug-likeness (QED) is 0.316. The van der Waals surface area contributed by atoms with Crippen molar-refractivity contribution in [1.82, 2.24) is 5.32 Å². The molecule has 0 aromatic heterocycles. The standard InChI is InChI=1S/C28H31N3/c1-21(29)27(30)25-19-11-12-20-26(25)31-28(22-13-5-2-6-14-22,23-15-7-3-8-16-23)24-17-9-4-10-18-24/h2-10,13-18,25-26,29-31H,11-12,19-20H2,1H3/t25-,26-/m1/s1. The molecule has 4 rings (SSSR count). The summed E-state index contributed by atoms with van der Waals surface area (Å²) in [6.07, 6.45) is 4.23. The first-order chi connectivity index (χ1) is 15.1. The number of nitrogens with one attached hydrogen (secondary N) is 3. The van der Waals surface area contributed by atoms with E-state index < -0.39 is 5.54 Å². The predicted molar refractivity (Wildman–Crippen MR) is 129 cm³/mol. The lowest BCUT2D eigenvalue weighted by molar-refractivity contribution is 0.275. The van der Waals surface area contributed by atoms with Crippen LogP contribution in [-0.2, 0) is 5.54 Å². The first-order valence-corrected chi connectivity index (χ1v) is 11.2. The number of benzene rings is 3. The van der Waals surface area contributed by atoms with E-state index >= 15 is 0 Å². The molecule has 1 aliphatic rings. The van der Waals surface area contributed by atoms with Crippen molar-refractivity contribution in [3.8, 4) is 0 Å². The van der Waals surface area contributed by atoms with Gasteiger partial charge in [-0.25, -0.2) is 0 Å². The molecule has 1 fully saturated rings. The number of hydrogen-bond acceptors (Lipinski definition) is 3. The van der Waals surface area contributed by atoms with E-state index in [1.807, 2.05) is 0 Å². The fraction of sp³-hybridized carbons (Fsp3) is 0.286. The summed E-state index contributed by atoms with van der Waals surface area (Å²) in [6.45, 7) is 1.74. The number of rotatable bonds is 7.